The van der Waals surface area contributed by atoms with Gasteiger partial charge < -0.3 is 9.88 Å². The minimum Gasteiger partial charge on any atom is -0.331 e. The van der Waals surface area contributed by atoms with Crippen molar-refractivity contribution in [2.75, 3.05) is 18.8 Å². The maximum absolute atomic E-state index is 4.61. The average molecular weight is 235 g/mol. The van der Waals surface area contributed by atoms with Crippen LogP contribution in [0.3, 0.4) is 0 Å². The van der Waals surface area contributed by atoms with Gasteiger partial charge in [-0.1, -0.05) is 12.1 Å². The zero-order valence-corrected chi connectivity index (χ0v) is 10.4. The van der Waals surface area contributed by atoms with Crippen LogP contribution in [0, 0.1) is 0 Å². The van der Waals surface area contributed by atoms with Crippen LogP contribution >= 0.6 is 12.6 Å². The number of hydrogen-bond donors (Lipinski definition) is 2. The molecule has 0 aliphatic carbocycles. The molecule has 16 heavy (non-hydrogen) atoms. The summed E-state index contributed by atoms with van der Waals surface area (Å²) in [4.78, 5) is 4.61. The van der Waals surface area contributed by atoms with Gasteiger partial charge in [0.05, 0.1) is 11.0 Å². The van der Waals surface area contributed by atoms with Crippen LogP contribution in [0.5, 0.6) is 0 Å². The molecule has 0 radical (unpaired) electrons. The number of aryl methyl sites for hydroxylation is 1. The Balaban J connectivity index is 2.09. The van der Waals surface area contributed by atoms with Gasteiger partial charge in [-0.25, -0.2) is 4.98 Å². The Kier molecular flexibility index (Phi) is 3.85. The van der Waals surface area contributed by atoms with Crippen LogP contribution in [-0.2, 0) is 13.5 Å². The van der Waals surface area contributed by atoms with Crippen molar-refractivity contribution in [3.05, 3.63) is 30.1 Å². The van der Waals surface area contributed by atoms with Gasteiger partial charge in [-0.2, -0.15) is 12.6 Å². The lowest BCUT2D eigenvalue weighted by molar-refractivity contribution is 0.684. The number of hydrogen-bond acceptors (Lipinski definition) is 3. The van der Waals surface area contributed by atoms with Crippen LogP contribution in [-0.4, -0.2) is 28.4 Å². The van der Waals surface area contributed by atoms with E-state index in [1.807, 2.05) is 12.1 Å². The predicted octanol–water partition coefficient (Wildman–Crippen LogP) is 1.64. The Labute approximate surface area is 101 Å². The fourth-order valence-electron chi connectivity index (χ4n) is 1.82. The predicted molar refractivity (Wildman–Crippen MR) is 71.1 cm³/mol. The lowest BCUT2D eigenvalue weighted by Crippen LogP contribution is -2.20. The van der Waals surface area contributed by atoms with E-state index in [1.54, 1.807) is 0 Å². The van der Waals surface area contributed by atoms with Crippen LogP contribution in [0.25, 0.3) is 11.0 Å². The van der Waals surface area contributed by atoms with Gasteiger partial charge in [0, 0.05) is 32.3 Å². The second-order valence-electron chi connectivity index (χ2n) is 3.80. The molecule has 1 aromatic carbocycles. The molecule has 3 nitrogen and oxygen atoms in total. The molecule has 2 aromatic rings. The van der Waals surface area contributed by atoms with Crippen LogP contribution in [0.2, 0.25) is 0 Å². The van der Waals surface area contributed by atoms with Gasteiger partial charge in [0.2, 0.25) is 0 Å². The van der Waals surface area contributed by atoms with E-state index in [1.165, 1.54) is 5.52 Å². The van der Waals surface area contributed by atoms with Crippen molar-refractivity contribution < 1.29 is 0 Å². The largest absolute Gasteiger partial charge is 0.331 e. The van der Waals surface area contributed by atoms with E-state index < -0.39 is 0 Å². The summed E-state index contributed by atoms with van der Waals surface area (Å²) in [6, 6.07) is 8.23. The zero-order valence-electron chi connectivity index (χ0n) is 9.48. The van der Waals surface area contributed by atoms with Crippen molar-refractivity contribution in [2.24, 2.45) is 7.05 Å². The first-order valence-corrected chi connectivity index (χ1v) is 6.18. The van der Waals surface area contributed by atoms with E-state index in [9.17, 15) is 0 Å². The Hall–Kier alpha value is -1.00. The molecule has 0 saturated carbocycles. The number of nitrogens with one attached hydrogen (secondary N) is 1. The molecule has 1 aromatic heterocycles. The van der Waals surface area contributed by atoms with E-state index in [2.05, 4.69) is 46.7 Å². The number of nitrogens with zero attached hydrogens (tertiary/aromatic N) is 2. The molecule has 4 heteroatoms. The van der Waals surface area contributed by atoms with Crippen molar-refractivity contribution >= 4 is 23.7 Å². The van der Waals surface area contributed by atoms with Crippen LogP contribution < -0.4 is 5.32 Å². The molecule has 0 aliphatic rings. The molecular formula is C12H17N3S. The molecule has 1 N–H and O–H groups in total. The third-order valence-electron chi connectivity index (χ3n) is 2.69. The van der Waals surface area contributed by atoms with Gasteiger partial charge in [-0.15, -0.1) is 0 Å². The Morgan fingerprint density at radius 2 is 2.12 bits per heavy atom. The minimum atomic E-state index is 0.878. The molecular weight excluding hydrogens is 218 g/mol. The maximum Gasteiger partial charge on any atom is 0.110 e. The maximum atomic E-state index is 4.61. The molecule has 86 valence electrons. The minimum absolute atomic E-state index is 0.878. The Morgan fingerprint density at radius 1 is 1.31 bits per heavy atom. The normalized spacial score (nSPS) is 11.1. The van der Waals surface area contributed by atoms with Gasteiger partial charge in [0.1, 0.15) is 5.82 Å². The Bertz CT molecular complexity index is 464. The van der Waals surface area contributed by atoms with Crippen molar-refractivity contribution in [1.82, 2.24) is 14.9 Å². The van der Waals surface area contributed by atoms with Crippen LogP contribution in [0.1, 0.15) is 5.82 Å². The molecule has 0 spiro atoms. The molecule has 0 fully saturated rings. The van der Waals surface area contributed by atoms with Gasteiger partial charge in [0.25, 0.3) is 0 Å². The second kappa shape index (κ2) is 5.37. The molecule has 0 unspecified atom stereocenters. The first-order valence-electron chi connectivity index (χ1n) is 5.55. The SMILES string of the molecule is Cn1c(CCNCCS)nc2ccccc21. The monoisotopic (exact) mass is 235 g/mol. The third-order valence-corrected chi connectivity index (χ3v) is 2.92. The molecule has 1 heterocycles. The summed E-state index contributed by atoms with van der Waals surface area (Å²) in [6.45, 7) is 1.91. The molecule has 0 amide bonds. The zero-order chi connectivity index (χ0) is 11.4. The first-order chi connectivity index (χ1) is 7.83. The highest BCUT2D eigenvalue weighted by molar-refractivity contribution is 7.80. The van der Waals surface area contributed by atoms with Crippen molar-refractivity contribution in [2.45, 2.75) is 6.42 Å². The quantitative estimate of drug-likeness (QED) is 0.609. The summed E-state index contributed by atoms with van der Waals surface area (Å²) < 4.78 is 2.16. The number of imidazole rings is 1. The average Bonchev–Trinajstić information content (AvgIpc) is 2.63. The van der Waals surface area contributed by atoms with Crippen molar-refractivity contribution in [3.8, 4) is 0 Å². The van der Waals surface area contributed by atoms with E-state index in [0.717, 1.165) is 36.6 Å². The van der Waals surface area contributed by atoms with E-state index in [-0.39, 0.29) is 0 Å². The third kappa shape index (κ3) is 2.39. The van der Waals surface area contributed by atoms with Gasteiger partial charge in [-0.05, 0) is 12.1 Å². The summed E-state index contributed by atoms with van der Waals surface area (Å²) >= 11 is 4.16. The number of para-hydroxylation sites is 2. The highest BCUT2D eigenvalue weighted by Gasteiger charge is 2.05. The number of thiol groups is 1. The standard InChI is InChI=1S/C12H17N3S/c1-15-11-5-3-2-4-10(11)14-12(15)6-7-13-8-9-16/h2-5,13,16H,6-9H2,1H3. The fraction of sp³-hybridized carbons (Fsp3) is 0.417. The molecule has 0 saturated heterocycles. The van der Waals surface area contributed by atoms with Crippen molar-refractivity contribution in [3.63, 3.8) is 0 Å². The van der Waals surface area contributed by atoms with Crippen LogP contribution in [0.15, 0.2) is 24.3 Å². The molecule has 0 aliphatic heterocycles. The first kappa shape index (κ1) is 11.5. The van der Waals surface area contributed by atoms with E-state index in [4.69, 9.17) is 0 Å². The Morgan fingerprint density at radius 3 is 2.88 bits per heavy atom. The lowest BCUT2D eigenvalue weighted by atomic mass is 10.3. The summed E-state index contributed by atoms with van der Waals surface area (Å²) in [6.07, 6.45) is 0.957. The highest BCUT2D eigenvalue weighted by atomic mass is 32.1. The van der Waals surface area contributed by atoms with Gasteiger partial charge in [-0.3, -0.25) is 0 Å². The fourth-order valence-corrected chi connectivity index (χ4v) is 1.98. The molecule has 0 bridgehead atoms. The van der Waals surface area contributed by atoms with Gasteiger partial charge in [0.15, 0.2) is 0 Å². The number of aromatic nitrogens is 2. The van der Waals surface area contributed by atoms with Crippen molar-refractivity contribution in [1.29, 1.82) is 0 Å². The summed E-state index contributed by atoms with van der Waals surface area (Å²) in [5.74, 6) is 2.01. The van der Waals surface area contributed by atoms with Gasteiger partial charge >= 0.3 is 0 Å². The number of benzene rings is 1. The summed E-state index contributed by atoms with van der Waals surface area (Å²) in [5, 5.41) is 3.33. The second-order valence-corrected chi connectivity index (χ2v) is 4.25. The summed E-state index contributed by atoms with van der Waals surface area (Å²) in [5.41, 5.74) is 2.28. The summed E-state index contributed by atoms with van der Waals surface area (Å²) in [7, 11) is 2.07. The number of fused-ring (bicyclic) bond motifs is 1. The van der Waals surface area contributed by atoms with E-state index in [0.29, 0.717) is 0 Å². The lowest BCUT2D eigenvalue weighted by Gasteiger charge is -2.03. The molecule has 0 atom stereocenters. The highest BCUT2D eigenvalue weighted by Crippen LogP contribution is 2.14. The van der Waals surface area contributed by atoms with Crippen LogP contribution in [0.4, 0.5) is 0 Å². The molecule has 2 rings (SSSR count). The smallest absolute Gasteiger partial charge is 0.110 e. The van der Waals surface area contributed by atoms with E-state index >= 15 is 0 Å². The topological polar surface area (TPSA) is 29.9 Å². The number of rotatable bonds is 5.